The van der Waals surface area contributed by atoms with E-state index in [0.29, 0.717) is 21.8 Å². The van der Waals surface area contributed by atoms with Gasteiger partial charge in [-0.15, -0.1) is 0 Å². The Morgan fingerprint density at radius 1 is 1.21 bits per heavy atom. The Kier molecular flexibility index (Phi) is 2.25. The predicted octanol–water partition coefficient (Wildman–Crippen LogP) is 2.93. The summed E-state index contributed by atoms with van der Waals surface area (Å²) in [7, 11) is 0. The highest BCUT2D eigenvalue weighted by Gasteiger charge is 2.14. The molecule has 0 saturated heterocycles. The number of nitro groups is 1. The predicted molar refractivity (Wildman–Crippen MR) is 69.4 cm³/mol. The molecule has 1 heterocycles. The molecule has 6 heteroatoms. The minimum atomic E-state index is -1.04. The van der Waals surface area contributed by atoms with Crippen molar-refractivity contribution in [2.24, 2.45) is 0 Å². The van der Waals surface area contributed by atoms with Gasteiger partial charge in [0.1, 0.15) is 0 Å². The van der Waals surface area contributed by atoms with Crippen LogP contribution >= 0.6 is 0 Å². The normalized spacial score (nSPS) is 10.9. The highest BCUT2D eigenvalue weighted by Crippen LogP contribution is 2.30. The summed E-state index contributed by atoms with van der Waals surface area (Å²) in [5.74, 6) is -1.04. The largest absolute Gasteiger partial charge is 0.478 e. The first-order valence-corrected chi connectivity index (χ1v) is 5.50. The summed E-state index contributed by atoms with van der Waals surface area (Å²) in [5.41, 5.74) is 1.28. The minimum Gasteiger partial charge on any atom is -0.478 e. The Morgan fingerprint density at radius 3 is 2.68 bits per heavy atom. The van der Waals surface area contributed by atoms with Gasteiger partial charge < -0.3 is 10.1 Å². The van der Waals surface area contributed by atoms with Crippen LogP contribution in [0.2, 0.25) is 0 Å². The number of carboxylic acid groups (broad SMARTS) is 1. The second-order valence-electron chi connectivity index (χ2n) is 4.15. The molecule has 0 spiro atoms. The zero-order valence-corrected chi connectivity index (χ0v) is 9.58. The summed E-state index contributed by atoms with van der Waals surface area (Å²) in [5, 5.41) is 21.2. The summed E-state index contributed by atoms with van der Waals surface area (Å²) in [6.45, 7) is 0. The van der Waals surface area contributed by atoms with Gasteiger partial charge in [0.05, 0.1) is 16.0 Å². The first-order valence-electron chi connectivity index (χ1n) is 5.50. The molecule has 19 heavy (non-hydrogen) atoms. The third kappa shape index (κ3) is 1.61. The molecule has 0 aliphatic heterocycles. The van der Waals surface area contributed by atoms with Crippen LogP contribution in [-0.2, 0) is 0 Å². The lowest BCUT2D eigenvalue weighted by Gasteiger charge is -1.96. The van der Waals surface area contributed by atoms with Crippen molar-refractivity contribution >= 4 is 33.5 Å². The Balaban J connectivity index is 2.43. The summed E-state index contributed by atoms with van der Waals surface area (Å²) in [6.07, 6.45) is 0. The molecule has 0 amide bonds. The van der Waals surface area contributed by atoms with Crippen molar-refractivity contribution in [3.8, 4) is 0 Å². The fourth-order valence-electron chi connectivity index (χ4n) is 2.20. The van der Waals surface area contributed by atoms with Crippen LogP contribution in [-0.4, -0.2) is 21.0 Å². The fraction of sp³-hybridized carbons (Fsp3) is 0. The molecule has 0 unspecified atom stereocenters. The molecule has 0 atom stereocenters. The number of aromatic nitrogens is 1. The molecule has 6 nitrogen and oxygen atoms in total. The second-order valence-corrected chi connectivity index (χ2v) is 4.15. The van der Waals surface area contributed by atoms with E-state index in [1.807, 2.05) is 0 Å². The highest BCUT2D eigenvalue weighted by atomic mass is 16.6. The van der Waals surface area contributed by atoms with E-state index in [1.54, 1.807) is 18.2 Å². The molecule has 3 aromatic rings. The molecule has 0 fully saturated rings. The number of aromatic carboxylic acids is 1. The maximum atomic E-state index is 11.1. The van der Waals surface area contributed by atoms with E-state index in [9.17, 15) is 14.9 Å². The number of rotatable bonds is 2. The van der Waals surface area contributed by atoms with Crippen LogP contribution in [0.3, 0.4) is 0 Å². The Labute approximate surface area is 106 Å². The maximum absolute atomic E-state index is 11.1. The molecule has 94 valence electrons. The smallest absolute Gasteiger partial charge is 0.337 e. The minimum absolute atomic E-state index is 0.0193. The van der Waals surface area contributed by atoms with Gasteiger partial charge in [0.15, 0.2) is 0 Å². The first-order chi connectivity index (χ1) is 9.08. The Hall–Kier alpha value is -2.89. The van der Waals surface area contributed by atoms with Crippen LogP contribution in [0.5, 0.6) is 0 Å². The van der Waals surface area contributed by atoms with E-state index in [1.165, 1.54) is 18.2 Å². The molecule has 1 aromatic heterocycles. The van der Waals surface area contributed by atoms with E-state index in [0.717, 1.165) is 0 Å². The monoisotopic (exact) mass is 256 g/mol. The van der Waals surface area contributed by atoms with E-state index in [4.69, 9.17) is 5.11 Å². The third-order valence-corrected chi connectivity index (χ3v) is 3.06. The summed E-state index contributed by atoms with van der Waals surface area (Å²) >= 11 is 0. The van der Waals surface area contributed by atoms with Crippen LogP contribution in [0.4, 0.5) is 5.69 Å². The first kappa shape index (κ1) is 11.2. The average molecular weight is 256 g/mol. The Morgan fingerprint density at radius 2 is 2.00 bits per heavy atom. The van der Waals surface area contributed by atoms with E-state index in [-0.39, 0.29) is 11.3 Å². The van der Waals surface area contributed by atoms with Crippen molar-refractivity contribution in [1.82, 2.24) is 4.98 Å². The van der Waals surface area contributed by atoms with Gasteiger partial charge in [-0.1, -0.05) is 12.1 Å². The molecule has 0 radical (unpaired) electrons. The van der Waals surface area contributed by atoms with Crippen molar-refractivity contribution < 1.29 is 14.8 Å². The summed E-state index contributed by atoms with van der Waals surface area (Å²) < 4.78 is 0. The standard InChI is InChI=1S/C13H8N2O4/c16-13(17)9-3-1-2-8-10-6-7(15(18)19)4-5-11(10)14-12(8)9/h1-6,14H,(H,16,17). The summed E-state index contributed by atoms with van der Waals surface area (Å²) in [4.78, 5) is 24.4. The number of carboxylic acids is 1. The molecule has 0 aliphatic rings. The van der Waals surface area contributed by atoms with Crippen LogP contribution < -0.4 is 0 Å². The van der Waals surface area contributed by atoms with Crippen molar-refractivity contribution in [3.05, 3.63) is 52.1 Å². The molecule has 0 bridgehead atoms. The topological polar surface area (TPSA) is 96.2 Å². The highest BCUT2D eigenvalue weighted by molar-refractivity contribution is 6.13. The number of carbonyl (C=O) groups is 1. The van der Waals surface area contributed by atoms with Crippen molar-refractivity contribution in [2.75, 3.05) is 0 Å². The number of para-hydroxylation sites is 1. The van der Waals surface area contributed by atoms with E-state index < -0.39 is 10.9 Å². The molecule has 0 aliphatic carbocycles. The van der Waals surface area contributed by atoms with Gasteiger partial charge in [-0.3, -0.25) is 10.1 Å². The Bertz CT molecular complexity index is 835. The number of benzene rings is 2. The number of nitro benzene ring substituents is 1. The van der Waals surface area contributed by atoms with Crippen LogP contribution in [0.25, 0.3) is 21.8 Å². The average Bonchev–Trinajstić information content (AvgIpc) is 2.75. The van der Waals surface area contributed by atoms with Crippen molar-refractivity contribution in [1.29, 1.82) is 0 Å². The third-order valence-electron chi connectivity index (χ3n) is 3.06. The van der Waals surface area contributed by atoms with Crippen LogP contribution in [0.1, 0.15) is 10.4 Å². The van der Waals surface area contributed by atoms with Gasteiger partial charge in [0, 0.05) is 28.4 Å². The van der Waals surface area contributed by atoms with E-state index >= 15 is 0 Å². The molecule has 0 saturated carbocycles. The van der Waals surface area contributed by atoms with Gasteiger partial charge in [-0.25, -0.2) is 4.79 Å². The number of nitrogens with one attached hydrogen (secondary N) is 1. The maximum Gasteiger partial charge on any atom is 0.337 e. The van der Waals surface area contributed by atoms with Gasteiger partial charge in [-0.05, 0) is 12.1 Å². The quantitative estimate of drug-likeness (QED) is 0.544. The fourth-order valence-corrected chi connectivity index (χ4v) is 2.20. The number of fused-ring (bicyclic) bond motifs is 3. The van der Waals surface area contributed by atoms with Gasteiger partial charge in [0.25, 0.3) is 5.69 Å². The SMILES string of the molecule is O=C(O)c1cccc2c1[nH]c1ccc([N+](=O)[O-])cc12. The lowest BCUT2D eigenvalue weighted by molar-refractivity contribution is -0.384. The molecule has 2 N–H and O–H groups in total. The number of nitrogens with zero attached hydrogens (tertiary/aromatic N) is 1. The van der Waals surface area contributed by atoms with Crippen molar-refractivity contribution in [3.63, 3.8) is 0 Å². The number of hydrogen-bond donors (Lipinski definition) is 2. The zero-order valence-electron chi connectivity index (χ0n) is 9.58. The van der Waals surface area contributed by atoms with Gasteiger partial charge in [0.2, 0.25) is 0 Å². The van der Waals surface area contributed by atoms with Crippen molar-refractivity contribution in [2.45, 2.75) is 0 Å². The number of H-pyrrole nitrogens is 1. The van der Waals surface area contributed by atoms with E-state index in [2.05, 4.69) is 4.98 Å². The zero-order chi connectivity index (χ0) is 13.6. The number of hydrogen-bond acceptors (Lipinski definition) is 3. The number of aromatic amines is 1. The van der Waals surface area contributed by atoms with Gasteiger partial charge >= 0.3 is 5.97 Å². The molecular weight excluding hydrogens is 248 g/mol. The van der Waals surface area contributed by atoms with Gasteiger partial charge in [-0.2, -0.15) is 0 Å². The molecule has 2 aromatic carbocycles. The lowest BCUT2D eigenvalue weighted by Crippen LogP contribution is -1.96. The number of non-ortho nitro benzene ring substituents is 1. The van der Waals surface area contributed by atoms with Crippen LogP contribution in [0, 0.1) is 10.1 Å². The van der Waals surface area contributed by atoms with Crippen LogP contribution in [0.15, 0.2) is 36.4 Å². The second kappa shape index (κ2) is 3.81. The lowest BCUT2D eigenvalue weighted by atomic mass is 10.1. The summed E-state index contributed by atoms with van der Waals surface area (Å²) in [6, 6.07) is 9.27. The molecule has 3 rings (SSSR count). The molecular formula is C13H8N2O4.